The van der Waals surface area contributed by atoms with Crippen LogP contribution in [0, 0.1) is 0 Å². The molecule has 0 radical (unpaired) electrons. The van der Waals surface area contributed by atoms with E-state index >= 15 is 0 Å². The Bertz CT molecular complexity index is 3660. The van der Waals surface area contributed by atoms with E-state index in [0.29, 0.717) is 0 Å². The first kappa shape index (κ1) is 43.1. The molecule has 1 aliphatic rings. The Morgan fingerprint density at radius 3 is 1.07 bits per heavy atom. The fourth-order valence-corrected chi connectivity index (χ4v) is 11.2. The van der Waals surface area contributed by atoms with Gasteiger partial charge in [-0.1, -0.05) is 198 Å². The maximum absolute atomic E-state index is 2.47. The highest BCUT2D eigenvalue weighted by Gasteiger charge is 2.37. The summed E-state index contributed by atoms with van der Waals surface area (Å²) in [4.78, 5) is 4.85. The fraction of sp³-hybridized carbons (Fsp3) is 0.118. The number of nitrogens with zero attached hydrogens (tertiary/aromatic N) is 2. The third-order valence-corrected chi connectivity index (χ3v) is 15.1. The van der Waals surface area contributed by atoms with E-state index in [1.807, 2.05) is 0 Å². The van der Waals surface area contributed by atoms with Crippen LogP contribution in [-0.4, -0.2) is 0 Å². The van der Waals surface area contributed by atoms with Gasteiger partial charge >= 0.3 is 0 Å². The molecule has 0 amide bonds. The molecular formula is C68H56N2. The molecule has 0 saturated carbocycles. The third kappa shape index (κ3) is 7.80. The van der Waals surface area contributed by atoms with Gasteiger partial charge in [0, 0.05) is 34.1 Å². The van der Waals surface area contributed by atoms with Crippen LogP contribution in [0.3, 0.4) is 0 Å². The van der Waals surface area contributed by atoms with Gasteiger partial charge in [-0.3, -0.25) is 0 Å². The van der Waals surface area contributed by atoms with Crippen molar-refractivity contribution >= 4 is 66.4 Å². The van der Waals surface area contributed by atoms with E-state index in [2.05, 4.69) is 280 Å². The lowest BCUT2D eigenvalue weighted by Crippen LogP contribution is -2.34. The summed E-state index contributed by atoms with van der Waals surface area (Å²) >= 11 is 0. The number of anilines is 6. The van der Waals surface area contributed by atoms with Crippen LogP contribution in [-0.2, 0) is 10.8 Å². The van der Waals surface area contributed by atoms with Gasteiger partial charge in [0.1, 0.15) is 0 Å². The minimum atomic E-state index is 0.0896. The molecule has 1 aliphatic carbocycles. The molecule has 12 rings (SSSR count). The fourth-order valence-electron chi connectivity index (χ4n) is 11.2. The number of hydrogen-bond acceptors (Lipinski definition) is 2. The topological polar surface area (TPSA) is 6.48 Å². The van der Waals surface area contributed by atoms with E-state index in [4.69, 9.17) is 0 Å². The molecule has 0 bridgehead atoms. The van der Waals surface area contributed by atoms with Crippen LogP contribution in [0.25, 0.3) is 65.7 Å². The molecule has 338 valence electrons. The van der Waals surface area contributed by atoms with Gasteiger partial charge in [0.15, 0.2) is 0 Å². The lowest BCUT2D eigenvalue weighted by molar-refractivity contribution is 0.332. The largest absolute Gasteiger partial charge is 0.310 e. The minimum absolute atomic E-state index is 0.0896. The monoisotopic (exact) mass is 900 g/mol. The molecule has 0 aromatic heterocycles. The van der Waals surface area contributed by atoms with E-state index in [1.54, 1.807) is 0 Å². The third-order valence-electron chi connectivity index (χ3n) is 15.1. The van der Waals surface area contributed by atoms with E-state index in [0.717, 1.165) is 28.4 Å². The maximum Gasteiger partial charge on any atom is 0.0468 e. The normalized spacial score (nSPS) is 13.8. The molecular weight excluding hydrogens is 845 g/mol. The number of fused-ring (bicyclic) bond motifs is 7. The quantitative estimate of drug-likeness (QED) is 0.133. The molecule has 2 heteroatoms. The van der Waals surface area contributed by atoms with Crippen LogP contribution < -0.4 is 9.80 Å². The average Bonchev–Trinajstić information content (AvgIpc) is 3.41. The Morgan fingerprint density at radius 1 is 0.243 bits per heavy atom. The first-order chi connectivity index (χ1) is 34.2. The molecule has 0 heterocycles. The molecule has 0 aliphatic heterocycles. The second kappa shape index (κ2) is 17.4. The van der Waals surface area contributed by atoms with Crippen LogP contribution in [0.2, 0.25) is 0 Å². The summed E-state index contributed by atoms with van der Waals surface area (Å²) in [7, 11) is 0. The molecule has 2 nitrogen and oxygen atoms in total. The number of hydrogen-bond donors (Lipinski definition) is 0. The summed E-state index contributed by atoms with van der Waals surface area (Å²) in [5, 5.41) is 7.60. The molecule has 70 heavy (non-hydrogen) atoms. The highest BCUT2D eigenvalue weighted by atomic mass is 15.1. The predicted molar refractivity (Wildman–Crippen MR) is 300 cm³/mol. The number of benzene rings is 11. The molecule has 0 saturated heterocycles. The average molecular weight is 901 g/mol. The van der Waals surface area contributed by atoms with Crippen LogP contribution in [0.15, 0.2) is 243 Å². The van der Waals surface area contributed by atoms with Crippen molar-refractivity contribution in [1.29, 1.82) is 0 Å². The van der Waals surface area contributed by atoms with Crippen LogP contribution in [0.4, 0.5) is 34.1 Å². The highest BCUT2D eigenvalue weighted by molar-refractivity contribution is 6.25. The summed E-state index contributed by atoms with van der Waals surface area (Å²) < 4.78 is 0. The molecule has 0 atom stereocenters. The summed E-state index contributed by atoms with van der Waals surface area (Å²) in [6.45, 7) is 9.64. The van der Waals surface area contributed by atoms with E-state index in [9.17, 15) is 0 Å². The summed E-state index contributed by atoms with van der Waals surface area (Å²) in [6, 6.07) is 89.4. The van der Waals surface area contributed by atoms with Crippen LogP contribution in [0.5, 0.6) is 0 Å². The highest BCUT2D eigenvalue weighted by Crippen LogP contribution is 2.49. The first-order valence-corrected chi connectivity index (χ1v) is 24.8. The van der Waals surface area contributed by atoms with Crippen molar-refractivity contribution in [3.63, 3.8) is 0 Å². The van der Waals surface area contributed by atoms with E-state index < -0.39 is 0 Å². The van der Waals surface area contributed by atoms with Crippen LogP contribution >= 0.6 is 0 Å². The first-order valence-electron chi connectivity index (χ1n) is 24.8. The molecule has 0 spiro atoms. The van der Waals surface area contributed by atoms with Gasteiger partial charge in [0.25, 0.3) is 0 Å². The van der Waals surface area contributed by atoms with Crippen LogP contribution in [0.1, 0.15) is 51.7 Å². The maximum atomic E-state index is 2.47. The van der Waals surface area contributed by atoms with E-state index in [-0.39, 0.29) is 10.8 Å². The van der Waals surface area contributed by atoms with Gasteiger partial charge in [-0.05, 0) is 173 Å². The Hall–Kier alpha value is -8.20. The molecule has 11 aromatic carbocycles. The Labute approximate surface area is 412 Å². The van der Waals surface area contributed by atoms with Gasteiger partial charge in [0.2, 0.25) is 0 Å². The van der Waals surface area contributed by atoms with Gasteiger partial charge in [-0.15, -0.1) is 0 Å². The Morgan fingerprint density at radius 2 is 0.586 bits per heavy atom. The van der Waals surface area contributed by atoms with Crippen molar-refractivity contribution in [2.24, 2.45) is 0 Å². The smallest absolute Gasteiger partial charge is 0.0468 e. The van der Waals surface area contributed by atoms with Gasteiger partial charge in [-0.2, -0.15) is 0 Å². The minimum Gasteiger partial charge on any atom is -0.310 e. The predicted octanol–water partition coefficient (Wildman–Crippen LogP) is 19.4. The Kier molecular flexibility index (Phi) is 10.7. The van der Waals surface area contributed by atoms with Crippen molar-refractivity contribution in [1.82, 2.24) is 0 Å². The molecule has 0 fully saturated rings. The van der Waals surface area contributed by atoms with Crippen molar-refractivity contribution in [3.8, 4) is 33.4 Å². The lowest BCUT2D eigenvalue weighted by Gasteiger charge is -2.42. The standard InChI is InChI=1S/C68H56N2/c1-67(2)41-42-68(3,4)66-46-58(38-40-65(66)67)70(56-24-16-22-52(44-56)48-19-9-6-10-20-48)54-35-31-50(32-36-54)49-29-33-53(34-30-49)69(55-23-15-21-51(43-55)47-17-7-5-8-18-47)57-37-39-63-61-27-12-11-25-59(61)60-26-13-14-28-62(60)64(63)45-57/h5-40,43-46H,41-42H2,1-4H3. The summed E-state index contributed by atoms with van der Waals surface area (Å²) in [6.07, 6.45) is 2.36. The van der Waals surface area contributed by atoms with Crippen molar-refractivity contribution in [3.05, 3.63) is 254 Å². The van der Waals surface area contributed by atoms with Crippen molar-refractivity contribution < 1.29 is 0 Å². The molecule has 0 unspecified atom stereocenters. The zero-order chi connectivity index (χ0) is 47.4. The van der Waals surface area contributed by atoms with Gasteiger partial charge < -0.3 is 9.80 Å². The van der Waals surface area contributed by atoms with E-state index in [1.165, 1.54) is 95.4 Å². The summed E-state index contributed by atoms with van der Waals surface area (Å²) in [5.74, 6) is 0. The van der Waals surface area contributed by atoms with Gasteiger partial charge in [-0.25, -0.2) is 0 Å². The Balaban J connectivity index is 0.941. The molecule has 11 aromatic rings. The number of rotatable bonds is 9. The van der Waals surface area contributed by atoms with Crippen molar-refractivity contribution in [2.75, 3.05) is 9.80 Å². The molecule has 0 N–H and O–H groups in total. The summed E-state index contributed by atoms with van der Waals surface area (Å²) in [5.41, 5.74) is 17.0. The van der Waals surface area contributed by atoms with Gasteiger partial charge in [0.05, 0.1) is 0 Å². The zero-order valence-electron chi connectivity index (χ0n) is 40.4. The SMILES string of the molecule is CC1(C)CCC(C)(C)c2cc(N(c3ccc(-c4ccc(N(c5cccc(-c6ccccc6)c5)c5ccc6c7ccccc7c7ccccc7c6c5)cc4)cc3)c3cccc(-c4ccccc4)c3)ccc21. The van der Waals surface area contributed by atoms with Crippen molar-refractivity contribution in [2.45, 2.75) is 51.4 Å². The zero-order valence-corrected chi connectivity index (χ0v) is 40.4. The second-order valence-corrected chi connectivity index (χ2v) is 20.4. The second-order valence-electron chi connectivity index (χ2n) is 20.4. The lowest BCUT2D eigenvalue weighted by atomic mass is 9.63.